The number of rotatable bonds is 5. The SMILES string of the molecule is COc1ccc(C)cc1[C@H](C)NC(=O)C1CCN(c2ccc3nnnn3n2)CC1. The van der Waals surface area contributed by atoms with Crippen molar-refractivity contribution in [2.45, 2.75) is 32.7 Å². The number of methoxy groups -OCH3 is 1. The monoisotopic (exact) mass is 395 g/mol. The summed E-state index contributed by atoms with van der Waals surface area (Å²) >= 11 is 0. The minimum Gasteiger partial charge on any atom is -0.496 e. The average molecular weight is 395 g/mol. The van der Waals surface area contributed by atoms with E-state index >= 15 is 0 Å². The number of piperidine rings is 1. The quantitative estimate of drug-likeness (QED) is 0.705. The topological polar surface area (TPSA) is 97.5 Å². The lowest BCUT2D eigenvalue weighted by Crippen LogP contribution is -2.41. The molecule has 29 heavy (non-hydrogen) atoms. The Labute approximate surface area is 169 Å². The molecule has 0 saturated carbocycles. The van der Waals surface area contributed by atoms with Crippen LogP contribution in [0.1, 0.15) is 36.9 Å². The molecule has 1 amide bonds. The molecule has 4 rings (SSSR count). The molecular weight excluding hydrogens is 370 g/mol. The van der Waals surface area contributed by atoms with Crippen molar-refractivity contribution in [3.05, 3.63) is 41.5 Å². The molecule has 1 aliphatic rings. The molecule has 1 aromatic carbocycles. The highest BCUT2D eigenvalue weighted by Gasteiger charge is 2.27. The van der Waals surface area contributed by atoms with E-state index in [9.17, 15) is 4.79 Å². The normalized spacial score (nSPS) is 16.0. The highest BCUT2D eigenvalue weighted by atomic mass is 16.5. The number of hydrogen-bond acceptors (Lipinski definition) is 7. The maximum Gasteiger partial charge on any atom is 0.223 e. The zero-order valence-electron chi connectivity index (χ0n) is 16.9. The molecule has 2 aromatic heterocycles. The molecular formula is C20H25N7O2. The van der Waals surface area contributed by atoms with E-state index in [4.69, 9.17) is 4.74 Å². The van der Waals surface area contributed by atoms with Crippen molar-refractivity contribution in [3.63, 3.8) is 0 Å². The van der Waals surface area contributed by atoms with Crippen LogP contribution in [0, 0.1) is 12.8 Å². The summed E-state index contributed by atoms with van der Waals surface area (Å²) in [4.78, 5) is 15.0. The van der Waals surface area contributed by atoms with Gasteiger partial charge in [-0.2, -0.15) is 0 Å². The number of fused-ring (bicyclic) bond motifs is 1. The second kappa shape index (κ2) is 8.02. The van der Waals surface area contributed by atoms with Gasteiger partial charge in [0.25, 0.3) is 0 Å². The minimum atomic E-state index is -0.112. The summed E-state index contributed by atoms with van der Waals surface area (Å²) in [6, 6.07) is 9.66. The molecule has 0 unspecified atom stereocenters. The molecule has 9 nitrogen and oxygen atoms in total. The lowest BCUT2D eigenvalue weighted by Gasteiger charge is -2.32. The zero-order chi connectivity index (χ0) is 20.4. The molecule has 1 atom stereocenters. The van der Waals surface area contributed by atoms with Gasteiger partial charge in [-0.05, 0) is 55.3 Å². The summed E-state index contributed by atoms with van der Waals surface area (Å²) in [7, 11) is 1.65. The summed E-state index contributed by atoms with van der Waals surface area (Å²) in [6.45, 7) is 5.56. The highest BCUT2D eigenvalue weighted by molar-refractivity contribution is 5.79. The summed E-state index contributed by atoms with van der Waals surface area (Å²) in [6.07, 6.45) is 1.55. The smallest absolute Gasteiger partial charge is 0.223 e. The third kappa shape index (κ3) is 3.98. The van der Waals surface area contributed by atoms with Crippen molar-refractivity contribution in [1.82, 2.24) is 30.6 Å². The number of nitrogens with zero attached hydrogens (tertiary/aromatic N) is 6. The van der Waals surface area contributed by atoms with Gasteiger partial charge in [-0.3, -0.25) is 4.79 Å². The number of nitrogens with one attached hydrogen (secondary N) is 1. The van der Waals surface area contributed by atoms with E-state index in [0.717, 1.165) is 48.6 Å². The largest absolute Gasteiger partial charge is 0.496 e. The highest BCUT2D eigenvalue weighted by Crippen LogP contribution is 2.27. The van der Waals surface area contributed by atoms with Crippen LogP contribution in [0.2, 0.25) is 0 Å². The van der Waals surface area contributed by atoms with Gasteiger partial charge in [-0.25, -0.2) is 0 Å². The number of hydrogen-bond donors (Lipinski definition) is 1. The number of anilines is 1. The Hall–Kier alpha value is -3.23. The molecule has 0 aliphatic carbocycles. The molecule has 0 spiro atoms. The Bertz CT molecular complexity index is 1010. The number of benzene rings is 1. The van der Waals surface area contributed by atoms with Gasteiger partial charge in [-0.15, -0.1) is 14.8 Å². The van der Waals surface area contributed by atoms with E-state index in [1.807, 2.05) is 38.1 Å². The van der Waals surface area contributed by atoms with Crippen LogP contribution in [0.15, 0.2) is 30.3 Å². The number of aryl methyl sites for hydroxylation is 1. The van der Waals surface area contributed by atoms with Gasteiger partial charge >= 0.3 is 0 Å². The third-order valence-corrected chi connectivity index (χ3v) is 5.46. The number of aromatic nitrogens is 5. The van der Waals surface area contributed by atoms with Crippen LogP contribution in [-0.2, 0) is 4.79 Å². The Kier molecular flexibility index (Phi) is 5.28. The first-order chi connectivity index (χ1) is 14.0. The van der Waals surface area contributed by atoms with Crippen LogP contribution < -0.4 is 15.0 Å². The lowest BCUT2D eigenvalue weighted by molar-refractivity contribution is -0.126. The Balaban J connectivity index is 1.37. The molecule has 1 N–H and O–H groups in total. The standard InChI is InChI=1S/C20H25N7O2/c1-13-4-5-17(29-3)16(12-13)14(2)21-20(28)15-8-10-26(11-9-15)19-7-6-18-22-24-25-27(18)23-19/h4-7,12,14-15H,8-11H2,1-3H3,(H,21,28)/t14-/m0/s1. The van der Waals surface area contributed by atoms with Crippen LogP contribution in [0.4, 0.5) is 5.82 Å². The Morgan fingerprint density at radius 1 is 1.24 bits per heavy atom. The minimum absolute atomic E-state index is 0.0127. The van der Waals surface area contributed by atoms with E-state index in [1.54, 1.807) is 7.11 Å². The molecule has 0 bridgehead atoms. The van der Waals surface area contributed by atoms with Gasteiger partial charge in [-0.1, -0.05) is 17.7 Å². The molecule has 1 aliphatic heterocycles. The van der Waals surface area contributed by atoms with E-state index in [0.29, 0.717) is 5.65 Å². The summed E-state index contributed by atoms with van der Waals surface area (Å²) in [5.74, 6) is 1.69. The Morgan fingerprint density at radius 2 is 2.03 bits per heavy atom. The lowest BCUT2D eigenvalue weighted by atomic mass is 9.95. The van der Waals surface area contributed by atoms with Gasteiger partial charge in [0.15, 0.2) is 11.5 Å². The fraction of sp³-hybridized carbons (Fsp3) is 0.450. The van der Waals surface area contributed by atoms with Gasteiger partial charge in [0, 0.05) is 24.6 Å². The number of carbonyl (C=O) groups is 1. The van der Waals surface area contributed by atoms with Gasteiger partial charge in [0.1, 0.15) is 5.75 Å². The van der Waals surface area contributed by atoms with Crippen molar-refractivity contribution in [1.29, 1.82) is 0 Å². The van der Waals surface area contributed by atoms with Crippen molar-refractivity contribution in [3.8, 4) is 5.75 Å². The van der Waals surface area contributed by atoms with Crippen LogP contribution >= 0.6 is 0 Å². The Morgan fingerprint density at radius 3 is 2.79 bits per heavy atom. The van der Waals surface area contributed by atoms with E-state index in [-0.39, 0.29) is 17.9 Å². The molecule has 1 saturated heterocycles. The van der Waals surface area contributed by atoms with Crippen LogP contribution in [-0.4, -0.2) is 51.4 Å². The van der Waals surface area contributed by atoms with Crippen LogP contribution in [0.3, 0.4) is 0 Å². The third-order valence-electron chi connectivity index (χ3n) is 5.46. The molecule has 0 radical (unpaired) electrons. The van der Waals surface area contributed by atoms with Crippen molar-refractivity contribution in [2.75, 3.05) is 25.1 Å². The van der Waals surface area contributed by atoms with Crippen molar-refractivity contribution < 1.29 is 9.53 Å². The van der Waals surface area contributed by atoms with E-state index < -0.39 is 0 Å². The fourth-order valence-corrected chi connectivity index (χ4v) is 3.78. The van der Waals surface area contributed by atoms with E-state index in [2.05, 4.69) is 36.9 Å². The van der Waals surface area contributed by atoms with Crippen molar-refractivity contribution >= 4 is 17.4 Å². The van der Waals surface area contributed by atoms with Gasteiger partial charge in [0.05, 0.1) is 13.2 Å². The summed E-state index contributed by atoms with van der Waals surface area (Å²) in [5, 5.41) is 18.9. The van der Waals surface area contributed by atoms with Crippen LogP contribution in [0.5, 0.6) is 5.75 Å². The first-order valence-corrected chi connectivity index (χ1v) is 9.80. The predicted octanol–water partition coefficient (Wildman–Crippen LogP) is 1.93. The fourth-order valence-electron chi connectivity index (χ4n) is 3.78. The number of carbonyl (C=O) groups excluding carboxylic acids is 1. The average Bonchev–Trinajstić information content (AvgIpc) is 3.21. The molecule has 3 aromatic rings. The molecule has 9 heteroatoms. The second-order valence-electron chi connectivity index (χ2n) is 7.46. The maximum absolute atomic E-state index is 12.8. The molecule has 3 heterocycles. The van der Waals surface area contributed by atoms with Crippen molar-refractivity contribution in [2.24, 2.45) is 5.92 Å². The molecule has 1 fully saturated rings. The first-order valence-electron chi connectivity index (χ1n) is 9.80. The van der Waals surface area contributed by atoms with Gasteiger partial charge in [0.2, 0.25) is 5.91 Å². The number of ether oxygens (including phenoxy) is 1. The summed E-state index contributed by atoms with van der Waals surface area (Å²) in [5.41, 5.74) is 2.75. The first kappa shape index (κ1) is 19.1. The number of amides is 1. The van der Waals surface area contributed by atoms with E-state index in [1.165, 1.54) is 4.63 Å². The number of tetrazole rings is 1. The molecule has 152 valence electrons. The zero-order valence-corrected chi connectivity index (χ0v) is 16.9. The second-order valence-corrected chi connectivity index (χ2v) is 7.46. The van der Waals surface area contributed by atoms with Crippen LogP contribution in [0.25, 0.3) is 5.65 Å². The summed E-state index contributed by atoms with van der Waals surface area (Å²) < 4.78 is 6.88. The maximum atomic E-state index is 12.8. The van der Waals surface area contributed by atoms with Gasteiger partial charge < -0.3 is 15.0 Å². The predicted molar refractivity (Wildman–Crippen MR) is 108 cm³/mol.